The first-order chi connectivity index (χ1) is 13.1. The smallest absolute Gasteiger partial charge is 0.148 e. The average Bonchev–Trinajstić information content (AvgIpc) is 2.67. The van der Waals surface area contributed by atoms with E-state index in [4.69, 9.17) is 4.74 Å². The van der Waals surface area contributed by atoms with Gasteiger partial charge in [0.15, 0.2) is 0 Å². The van der Waals surface area contributed by atoms with E-state index >= 15 is 0 Å². The summed E-state index contributed by atoms with van der Waals surface area (Å²) in [5.74, 6) is 0.277. The van der Waals surface area contributed by atoms with Crippen molar-refractivity contribution in [3.05, 3.63) is 98.2 Å². The van der Waals surface area contributed by atoms with Gasteiger partial charge in [-0.15, -0.1) is 0 Å². The molecule has 5 heteroatoms. The summed E-state index contributed by atoms with van der Waals surface area (Å²) >= 11 is 6.99. The Bertz CT molecular complexity index is 1000. The van der Waals surface area contributed by atoms with Crippen LogP contribution < -0.4 is 4.74 Å². The summed E-state index contributed by atoms with van der Waals surface area (Å²) in [5, 5.41) is 9.47. The fourth-order valence-electron chi connectivity index (χ4n) is 2.53. The van der Waals surface area contributed by atoms with E-state index < -0.39 is 0 Å². The van der Waals surface area contributed by atoms with Gasteiger partial charge in [-0.05, 0) is 67.3 Å². The maximum atomic E-state index is 13.8. The van der Waals surface area contributed by atoms with Crippen molar-refractivity contribution in [2.45, 2.75) is 6.61 Å². The Balaban J connectivity index is 1.86. The van der Waals surface area contributed by atoms with Gasteiger partial charge in [0.05, 0.1) is 20.6 Å². The van der Waals surface area contributed by atoms with Gasteiger partial charge >= 0.3 is 0 Å². The van der Waals surface area contributed by atoms with Crippen molar-refractivity contribution in [1.29, 1.82) is 5.26 Å². The maximum absolute atomic E-state index is 13.8. The molecule has 0 bridgehead atoms. The molecular weight excluding hydrogens is 473 g/mol. The van der Waals surface area contributed by atoms with Crippen molar-refractivity contribution in [1.82, 2.24) is 0 Å². The summed E-state index contributed by atoms with van der Waals surface area (Å²) in [5.41, 5.74) is 2.74. The highest BCUT2D eigenvalue weighted by Gasteiger charge is 2.11. The molecule has 27 heavy (non-hydrogen) atoms. The van der Waals surface area contributed by atoms with Crippen LogP contribution >= 0.6 is 31.9 Å². The lowest BCUT2D eigenvalue weighted by Crippen LogP contribution is -1.99. The van der Waals surface area contributed by atoms with Crippen molar-refractivity contribution in [2.24, 2.45) is 0 Å². The lowest BCUT2D eigenvalue weighted by molar-refractivity contribution is 0.296. The van der Waals surface area contributed by atoms with Gasteiger partial charge in [0.2, 0.25) is 0 Å². The number of nitriles is 1. The molecule has 2 nitrogen and oxygen atoms in total. The highest BCUT2D eigenvalue weighted by molar-refractivity contribution is 9.11. The molecule has 0 atom stereocenters. The van der Waals surface area contributed by atoms with Crippen molar-refractivity contribution >= 4 is 43.5 Å². The van der Waals surface area contributed by atoms with E-state index in [9.17, 15) is 9.65 Å². The Morgan fingerprint density at radius 2 is 1.63 bits per heavy atom. The van der Waals surface area contributed by atoms with Gasteiger partial charge in [0.1, 0.15) is 18.2 Å². The van der Waals surface area contributed by atoms with E-state index in [1.54, 1.807) is 18.2 Å². The number of hydrogen-bond donors (Lipinski definition) is 0. The monoisotopic (exact) mass is 485 g/mol. The lowest BCUT2D eigenvalue weighted by atomic mass is 10.0. The largest absolute Gasteiger partial charge is 0.486 e. The molecule has 0 amide bonds. The minimum Gasteiger partial charge on any atom is -0.486 e. The number of nitrogens with zero attached hydrogens (tertiary/aromatic N) is 1. The zero-order valence-electron chi connectivity index (χ0n) is 14.1. The molecule has 0 heterocycles. The quantitative estimate of drug-likeness (QED) is 0.287. The molecule has 0 N–H and O–H groups in total. The Morgan fingerprint density at radius 1 is 1.00 bits per heavy atom. The second-order valence-electron chi connectivity index (χ2n) is 5.73. The van der Waals surface area contributed by atoms with Crippen molar-refractivity contribution in [3.63, 3.8) is 0 Å². The number of allylic oxidation sites excluding steroid dienone is 1. The number of ether oxygens (including phenoxy) is 1. The topological polar surface area (TPSA) is 33.0 Å². The molecule has 0 fully saturated rings. The third-order valence-corrected chi connectivity index (χ3v) is 5.04. The SMILES string of the molecule is N#C/C(=C\c1cc(Br)c(OCc2ccccc2F)c(Br)c1)c1ccccc1. The summed E-state index contributed by atoms with van der Waals surface area (Å²) in [6.07, 6.45) is 1.81. The second-order valence-corrected chi connectivity index (χ2v) is 7.44. The summed E-state index contributed by atoms with van der Waals surface area (Å²) in [6, 6.07) is 22.0. The van der Waals surface area contributed by atoms with Crippen LogP contribution in [0.5, 0.6) is 5.75 Å². The Morgan fingerprint density at radius 3 is 2.26 bits per heavy atom. The molecule has 0 aliphatic carbocycles. The predicted molar refractivity (Wildman–Crippen MR) is 113 cm³/mol. The maximum Gasteiger partial charge on any atom is 0.148 e. The Kier molecular flexibility index (Phi) is 6.44. The molecule has 0 aliphatic heterocycles. The lowest BCUT2D eigenvalue weighted by Gasteiger charge is -2.12. The molecule has 0 aliphatic rings. The normalized spacial score (nSPS) is 11.1. The van der Waals surface area contributed by atoms with E-state index in [-0.39, 0.29) is 12.4 Å². The molecule has 134 valence electrons. The first-order valence-electron chi connectivity index (χ1n) is 8.11. The van der Waals surface area contributed by atoms with Crippen LogP contribution in [0.4, 0.5) is 4.39 Å². The van der Waals surface area contributed by atoms with Crippen LogP contribution in [0.3, 0.4) is 0 Å². The molecule has 3 aromatic rings. The summed E-state index contributed by atoms with van der Waals surface area (Å²) in [7, 11) is 0. The van der Waals surface area contributed by atoms with Crippen molar-refractivity contribution in [2.75, 3.05) is 0 Å². The Labute approximate surface area is 174 Å². The minimum absolute atomic E-state index is 0.118. The number of halogens is 3. The minimum atomic E-state index is -0.300. The van der Waals surface area contributed by atoms with Crippen LogP contribution in [0.1, 0.15) is 16.7 Å². The molecule has 0 unspecified atom stereocenters. The summed E-state index contributed by atoms with van der Waals surface area (Å²) in [6.45, 7) is 0.118. The predicted octanol–water partition coefficient (Wildman–Crippen LogP) is 6.99. The molecule has 0 saturated heterocycles. The zero-order chi connectivity index (χ0) is 19.2. The number of hydrogen-bond acceptors (Lipinski definition) is 2. The van der Waals surface area contributed by atoms with Crippen LogP contribution in [0.25, 0.3) is 11.6 Å². The summed E-state index contributed by atoms with van der Waals surface area (Å²) in [4.78, 5) is 0. The fraction of sp³-hybridized carbons (Fsp3) is 0.0455. The average molecular weight is 487 g/mol. The van der Waals surface area contributed by atoms with Crippen LogP contribution in [0, 0.1) is 17.1 Å². The molecule has 0 saturated carbocycles. The van der Waals surface area contributed by atoms with Gasteiger partial charge in [-0.2, -0.15) is 5.26 Å². The van der Waals surface area contributed by atoms with Crippen LogP contribution in [0.2, 0.25) is 0 Å². The Hall–Kier alpha value is -2.42. The zero-order valence-corrected chi connectivity index (χ0v) is 17.3. The molecular formula is C22H14Br2FNO. The first-order valence-corrected chi connectivity index (χ1v) is 9.69. The van der Waals surface area contributed by atoms with E-state index in [2.05, 4.69) is 37.9 Å². The van der Waals surface area contributed by atoms with Gasteiger partial charge in [-0.1, -0.05) is 48.5 Å². The van der Waals surface area contributed by atoms with E-state index in [0.29, 0.717) is 25.8 Å². The first kappa shape index (κ1) is 19.3. The van der Waals surface area contributed by atoms with Gasteiger partial charge < -0.3 is 4.74 Å². The number of benzene rings is 3. The second kappa shape index (κ2) is 8.98. The van der Waals surface area contributed by atoms with Gasteiger partial charge in [0.25, 0.3) is 0 Å². The third-order valence-electron chi connectivity index (χ3n) is 3.87. The standard InChI is InChI=1S/C22H14Br2FNO/c23-19-11-15(10-18(13-26)16-6-2-1-3-7-16)12-20(24)22(19)27-14-17-8-4-5-9-21(17)25/h1-12H,14H2/b18-10+. The van der Waals surface area contributed by atoms with E-state index in [1.807, 2.05) is 48.5 Å². The highest BCUT2D eigenvalue weighted by Crippen LogP contribution is 2.36. The van der Waals surface area contributed by atoms with Crippen molar-refractivity contribution in [3.8, 4) is 11.8 Å². The fourth-order valence-corrected chi connectivity index (χ4v) is 3.98. The van der Waals surface area contributed by atoms with Crippen molar-refractivity contribution < 1.29 is 9.13 Å². The number of rotatable bonds is 5. The van der Waals surface area contributed by atoms with Gasteiger partial charge in [-0.3, -0.25) is 0 Å². The highest BCUT2D eigenvalue weighted by atomic mass is 79.9. The van der Waals surface area contributed by atoms with E-state index in [1.165, 1.54) is 6.07 Å². The molecule has 0 spiro atoms. The van der Waals surface area contributed by atoms with Gasteiger partial charge in [-0.25, -0.2) is 4.39 Å². The van der Waals surface area contributed by atoms with Crippen LogP contribution in [-0.2, 0) is 6.61 Å². The third kappa shape index (κ3) is 4.85. The summed E-state index contributed by atoms with van der Waals surface area (Å²) < 4.78 is 21.0. The van der Waals surface area contributed by atoms with E-state index in [0.717, 1.165) is 11.1 Å². The molecule has 3 aromatic carbocycles. The molecule has 0 radical (unpaired) electrons. The van der Waals surface area contributed by atoms with Gasteiger partial charge in [0, 0.05) is 5.56 Å². The molecule has 0 aromatic heterocycles. The van der Waals surface area contributed by atoms with Crippen LogP contribution in [0.15, 0.2) is 75.7 Å². The van der Waals surface area contributed by atoms with Crippen LogP contribution in [-0.4, -0.2) is 0 Å². The molecule has 3 rings (SSSR count).